The molecule has 5 heteroatoms. The van der Waals surface area contributed by atoms with Gasteiger partial charge in [0.15, 0.2) is 5.78 Å². The molecular weight excluding hydrogens is 338 g/mol. The molecule has 2 heterocycles. The Labute approximate surface area is 158 Å². The van der Waals surface area contributed by atoms with Gasteiger partial charge in [-0.05, 0) is 50.6 Å². The molecule has 1 aliphatic heterocycles. The molecule has 1 saturated heterocycles. The summed E-state index contributed by atoms with van der Waals surface area (Å²) in [5.74, 6) is 0.966. The molecule has 0 radical (unpaired) electrons. The van der Waals surface area contributed by atoms with Gasteiger partial charge in [-0.15, -0.1) is 0 Å². The summed E-state index contributed by atoms with van der Waals surface area (Å²) in [5, 5.41) is 0. The van der Waals surface area contributed by atoms with Gasteiger partial charge < -0.3 is 9.47 Å². The number of fused-ring (bicyclic) bond motifs is 1. The van der Waals surface area contributed by atoms with Crippen LogP contribution in [0.3, 0.4) is 0 Å². The number of amides is 1. The van der Waals surface area contributed by atoms with Gasteiger partial charge in [-0.1, -0.05) is 24.3 Å². The Morgan fingerprint density at radius 1 is 1.19 bits per heavy atom. The third-order valence-corrected chi connectivity index (χ3v) is 5.40. The predicted molar refractivity (Wildman–Crippen MR) is 106 cm³/mol. The summed E-state index contributed by atoms with van der Waals surface area (Å²) in [5.41, 5.74) is 3.85. The van der Waals surface area contributed by atoms with Gasteiger partial charge in [0.05, 0.1) is 17.1 Å². The third kappa shape index (κ3) is 3.03. The molecule has 2 atom stereocenters. The largest absolute Gasteiger partial charge is 0.317 e. The number of aromatic nitrogens is 2. The summed E-state index contributed by atoms with van der Waals surface area (Å²) < 4.78 is 2.01. The highest BCUT2D eigenvalue weighted by molar-refractivity contribution is 5.96. The Kier molecular flexibility index (Phi) is 4.30. The fourth-order valence-corrected chi connectivity index (χ4v) is 3.87. The molecule has 0 saturated carbocycles. The molecule has 1 fully saturated rings. The Hall–Kier alpha value is -2.95. The highest BCUT2D eigenvalue weighted by Crippen LogP contribution is 2.35. The Balaban J connectivity index is 1.76. The maximum Gasteiger partial charge on any atom is 0.227 e. The van der Waals surface area contributed by atoms with E-state index in [0.717, 1.165) is 28.1 Å². The second kappa shape index (κ2) is 6.65. The van der Waals surface area contributed by atoms with E-state index in [4.69, 9.17) is 4.98 Å². The van der Waals surface area contributed by atoms with E-state index in [0.29, 0.717) is 13.0 Å². The van der Waals surface area contributed by atoms with E-state index >= 15 is 0 Å². The van der Waals surface area contributed by atoms with Crippen LogP contribution in [0.5, 0.6) is 0 Å². The van der Waals surface area contributed by atoms with Crippen LogP contribution in [0.25, 0.3) is 11.0 Å². The smallest absolute Gasteiger partial charge is 0.227 e. The molecule has 5 nitrogen and oxygen atoms in total. The first-order chi connectivity index (χ1) is 13.0. The Morgan fingerprint density at radius 2 is 1.96 bits per heavy atom. The fraction of sp³-hybridized carbons (Fsp3) is 0.318. The van der Waals surface area contributed by atoms with E-state index in [1.54, 1.807) is 6.92 Å². The quantitative estimate of drug-likeness (QED) is 0.705. The van der Waals surface area contributed by atoms with E-state index in [2.05, 4.69) is 0 Å². The van der Waals surface area contributed by atoms with Gasteiger partial charge in [-0.3, -0.25) is 9.59 Å². The molecule has 138 valence electrons. The molecule has 4 rings (SSSR count). The van der Waals surface area contributed by atoms with Crippen LogP contribution < -0.4 is 4.90 Å². The van der Waals surface area contributed by atoms with Gasteiger partial charge in [0.2, 0.25) is 5.91 Å². The first-order valence-electron chi connectivity index (χ1n) is 9.30. The lowest BCUT2D eigenvalue weighted by Gasteiger charge is -2.19. The highest BCUT2D eigenvalue weighted by atomic mass is 16.2. The van der Waals surface area contributed by atoms with Crippen LogP contribution in [0.4, 0.5) is 5.69 Å². The second-order valence-corrected chi connectivity index (χ2v) is 7.36. The van der Waals surface area contributed by atoms with E-state index in [9.17, 15) is 9.59 Å². The molecule has 1 aliphatic rings. The summed E-state index contributed by atoms with van der Waals surface area (Å²) in [6.45, 7) is 6.10. The molecular formula is C22H23N3O2. The van der Waals surface area contributed by atoms with Crippen molar-refractivity contribution in [3.05, 3.63) is 59.9 Å². The number of Topliss-reactive ketones (excluding diaryl/α,β-unsaturated/α-hetero) is 1. The van der Waals surface area contributed by atoms with Crippen molar-refractivity contribution in [3.8, 4) is 0 Å². The number of hydrogen-bond acceptors (Lipinski definition) is 3. The van der Waals surface area contributed by atoms with Gasteiger partial charge in [0.1, 0.15) is 5.82 Å². The van der Waals surface area contributed by atoms with E-state index in [-0.39, 0.29) is 23.7 Å². The predicted octanol–water partition coefficient (Wildman–Crippen LogP) is 4.02. The lowest BCUT2D eigenvalue weighted by atomic mass is 10.1. The monoisotopic (exact) mass is 361 g/mol. The Morgan fingerprint density at radius 3 is 2.70 bits per heavy atom. The number of anilines is 1. The summed E-state index contributed by atoms with van der Waals surface area (Å²) in [7, 11) is 0. The molecule has 2 aromatic carbocycles. The SMILES string of the molecule is CC(=O)C(C)n1c(C2CC(=O)N(c3cccc(C)c3)C2)nc2ccccc21. The number of carbonyl (C=O) groups excluding carboxylic acids is 2. The topological polar surface area (TPSA) is 55.2 Å². The molecule has 0 N–H and O–H groups in total. The van der Waals surface area contributed by atoms with Crippen molar-refractivity contribution >= 4 is 28.4 Å². The number of hydrogen-bond donors (Lipinski definition) is 0. The summed E-state index contributed by atoms with van der Waals surface area (Å²) >= 11 is 0. The van der Waals surface area contributed by atoms with Crippen LogP contribution in [-0.2, 0) is 9.59 Å². The minimum absolute atomic E-state index is 0.0350. The molecule has 0 bridgehead atoms. The number of imidazole rings is 1. The number of benzene rings is 2. The lowest BCUT2D eigenvalue weighted by molar-refractivity contribution is -0.119. The zero-order valence-corrected chi connectivity index (χ0v) is 15.8. The number of carbonyl (C=O) groups is 2. The summed E-state index contributed by atoms with van der Waals surface area (Å²) in [4.78, 5) is 31.5. The maximum absolute atomic E-state index is 12.7. The van der Waals surface area contributed by atoms with Crippen molar-refractivity contribution in [3.63, 3.8) is 0 Å². The van der Waals surface area contributed by atoms with Crippen LogP contribution in [0.1, 0.15) is 43.6 Å². The molecule has 1 amide bonds. The summed E-state index contributed by atoms with van der Waals surface area (Å²) in [6, 6.07) is 15.5. The van der Waals surface area contributed by atoms with Gasteiger partial charge in [0, 0.05) is 24.6 Å². The van der Waals surface area contributed by atoms with Crippen LogP contribution in [0, 0.1) is 6.92 Å². The van der Waals surface area contributed by atoms with Crippen LogP contribution in [0.15, 0.2) is 48.5 Å². The zero-order valence-electron chi connectivity index (χ0n) is 15.8. The van der Waals surface area contributed by atoms with Crippen LogP contribution >= 0.6 is 0 Å². The van der Waals surface area contributed by atoms with Crippen molar-refractivity contribution in [1.29, 1.82) is 0 Å². The van der Waals surface area contributed by atoms with Crippen LogP contribution in [0.2, 0.25) is 0 Å². The number of ketones is 1. The van der Waals surface area contributed by atoms with E-state index < -0.39 is 0 Å². The van der Waals surface area contributed by atoms with Crippen molar-refractivity contribution in [2.75, 3.05) is 11.4 Å². The van der Waals surface area contributed by atoms with Crippen molar-refractivity contribution < 1.29 is 9.59 Å². The maximum atomic E-state index is 12.7. The fourth-order valence-electron chi connectivity index (χ4n) is 3.87. The molecule has 27 heavy (non-hydrogen) atoms. The van der Waals surface area contributed by atoms with Gasteiger partial charge in [-0.25, -0.2) is 4.98 Å². The van der Waals surface area contributed by atoms with Crippen molar-refractivity contribution in [2.24, 2.45) is 0 Å². The van der Waals surface area contributed by atoms with Gasteiger partial charge in [-0.2, -0.15) is 0 Å². The van der Waals surface area contributed by atoms with Crippen LogP contribution in [-0.4, -0.2) is 27.8 Å². The van der Waals surface area contributed by atoms with E-state index in [1.807, 2.05) is 71.8 Å². The van der Waals surface area contributed by atoms with E-state index in [1.165, 1.54) is 0 Å². The number of aryl methyl sites for hydroxylation is 1. The molecule has 3 aromatic rings. The minimum Gasteiger partial charge on any atom is -0.317 e. The first kappa shape index (κ1) is 17.5. The minimum atomic E-state index is -0.310. The zero-order chi connectivity index (χ0) is 19.1. The lowest BCUT2D eigenvalue weighted by Crippen LogP contribution is -2.25. The van der Waals surface area contributed by atoms with Crippen molar-refractivity contribution in [2.45, 2.75) is 39.2 Å². The standard InChI is InChI=1S/C22H23N3O2/c1-14-7-6-8-18(11-14)24-13-17(12-21(24)27)22-23-19-9-4-5-10-20(19)25(22)15(2)16(3)26/h4-11,15,17H,12-13H2,1-3H3. The third-order valence-electron chi connectivity index (χ3n) is 5.40. The molecule has 0 aliphatic carbocycles. The second-order valence-electron chi connectivity index (χ2n) is 7.36. The Bertz CT molecular complexity index is 1040. The number of para-hydroxylation sites is 2. The average Bonchev–Trinajstić information content (AvgIpc) is 3.21. The number of rotatable bonds is 4. The first-order valence-corrected chi connectivity index (χ1v) is 9.30. The van der Waals surface area contributed by atoms with Crippen molar-refractivity contribution in [1.82, 2.24) is 9.55 Å². The highest BCUT2D eigenvalue weighted by Gasteiger charge is 2.35. The number of nitrogens with zero attached hydrogens (tertiary/aromatic N) is 3. The average molecular weight is 361 g/mol. The van der Waals surface area contributed by atoms with Gasteiger partial charge >= 0.3 is 0 Å². The molecule has 2 unspecified atom stereocenters. The summed E-state index contributed by atoms with van der Waals surface area (Å²) in [6.07, 6.45) is 0.405. The van der Waals surface area contributed by atoms with Gasteiger partial charge in [0.25, 0.3) is 0 Å². The molecule has 0 spiro atoms. The normalized spacial score (nSPS) is 18.3. The molecule has 1 aromatic heterocycles.